The average Bonchev–Trinajstić information content (AvgIpc) is 2.90. The summed E-state index contributed by atoms with van der Waals surface area (Å²) in [5.41, 5.74) is 2.24. The Kier molecular flexibility index (Phi) is 11.7. The van der Waals surface area contributed by atoms with Crippen LogP contribution in [0.2, 0.25) is 0 Å². The lowest BCUT2D eigenvalue weighted by molar-refractivity contribution is -0.121. The van der Waals surface area contributed by atoms with E-state index in [1.807, 2.05) is 73.8 Å². The molecule has 0 saturated carbocycles. The Bertz CT molecular complexity index is 1100. The lowest BCUT2D eigenvalue weighted by Gasteiger charge is -2.25. The van der Waals surface area contributed by atoms with Gasteiger partial charge in [-0.2, -0.15) is 0 Å². The van der Waals surface area contributed by atoms with Crippen LogP contribution in [-0.2, 0) is 11.2 Å². The molecule has 1 aromatic heterocycles. The molecule has 188 valence electrons. The summed E-state index contributed by atoms with van der Waals surface area (Å²) in [5.74, 6) is 0.989. The highest BCUT2D eigenvalue weighted by Gasteiger charge is 2.17. The van der Waals surface area contributed by atoms with E-state index in [0.717, 1.165) is 17.5 Å². The summed E-state index contributed by atoms with van der Waals surface area (Å²) in [6, 6.07) is 24.0. The number of nitrogens with one attached hydrogen (secondary N) is 1. The molecule has 2 aromatic carbocycles. The number of hydrogen-bond acceptors (Lipinski definition) is 7. The second kappa shape index (κ2) is 15.2. The standard InChI is InChI=1S/C28H31N3O3S2/c1-31(17-19-36-28(34)23-12-6-3-7-13-23)21-25(20-24-14-8-9-16-29-24)30-26(32)15-18-35-27(33)22-10-4-2-5-11-22/h2-14,16,25H,15,17-21H2,1H3,(H,30,32). The van der Waals surface area contributed by atoms with Gasteiger partial charge in [0.2, 0.25) is 16.1 Å². The second-order valence-corrected chi connectivity index (χ2v) is 10.4. The van der Waals surface area contributed by atoms with E-state index < -0.39 is 0 Å². The molecular formula is C28H31N3O3S2. The highest BCUT2D eigenvalue weighted by atomic mass is 32.2. The molecule has 0 radical (unpaired) electrons. The first-order valence-corrected chi connectivity index (χ1v) is 13.8. The van der Waals surface area contributed by atoms with E-state index in [-0.39, 0.29) is 28.6 Å². The van der Waals surface area contributed by atoms with Crippen molar-refractivity contribution in [1.29, 1.82) is 0 Å². The number of amides is 1. The van der Waals surface area contributed by atoms with Gasteiger partial charge in [-0.05, 0) is 19.2 Å². The molecule has 3 aromatic rings. The number of nitrogens with zero attached hydrogens (tertiary/aromatic N) is 2. The van der Waals surface area contributed by atoms with E-state index >= 15 is 0 Å². The minimum Gasteiger partial charge on any atom is -0.352 e. The molecule has 0 bridgehead atoms. The van der Waals surface area contributed by atoms with Crippen molar-refractivity contribution in [2.45, 2.75) is 18.9 Å². The predicted molar refractivity (Wildman–Crippen MR) is 148 cm³/mol. The van der Waals surface area contributed by atoms with Gasteiger partial charge in [-0.15, -0.1) is 0 Å². The van der Waals surface area contributed by atoms with E-state index in [1.54, 1.807) is 18.3 Å². The summed E-state index contributed by atoms with van der Waals surface area (Å²) in [7, 11) is 1.99. The molecule has 0 aliphatic carbocycles. The van der Waals surface area contributed by atoms with Gasteiger partial charge in [-0.25, -0.2) is 0 Å². The number of benzene rings is 2. The molecule has 6 nitrogen and oxygen atoms in total. The van der Waals surface area contributed by atoms with Gasteiger partial charge in [0.05, 0.1) is 0 Å². The van der Waals surface area contributed by atoms with E-state index in [0.29, 0.717) is 42.1 Å². The Morgan fingerprint density at radius 3 is 2.00 bits per heavy atom. The van der Waals surface area contributed by atoms with Gasteiger partial charge in [0.1, 0.15) is 0 Å². The minimum atomic E-state index is -0.137. The molecule has 1 N–H and O–H groups in total. The Labute approximate surface area is 221 Å². The molecule has 8 heteroatoms. The fourth-order valence-electron chi connectivity index (χ4n) is 3.55. The molecule has 1 atom stereocenters. The van der Waals surface area contributed by atoms with E-state index in [1.165, 1.54) is 11.8 Å². The number of thioether (sulfide) groups is 2. The first-order chi connectivity index (χ1) is 17.5. The molecule has 0 aliphatic rings. The summed E-state index contributed by atoms with van der Waals surface area (Å²) in [4.78, 5) is 43.8. The first kappa shape index (κ1) is 27.6. The van der Waals surface area contributed by atoms with Crippen LogP contribution in [0.1, 0.15) is 32.8 Å². The van der Waals surface area contributed by atoms with Crippen molar-refractivity contribution in [2.24, 2.45) is 0 Å². The van der Waals surface area contributed by atoms with Crippen LogP contribution in [0.15, 0.2) is 85.1 Å². The summed E-state index contributed by atoms with van der Waals surface area (Å²) in [5, 5.41) is 3.14. The van der Waals surface area contributed by atoms with Gasteiger partial charge >= 0.3 is 0 Å². The zero-order chi connectivity index (χ0) is 25.6. The van der Waals surface area contributed by atoms with Gasteiger partial charge in [0, 0.05) is 66.5 Å². The van der Waals surface area contributed by atoms with Crippen LogP contribution in [0.4, 0.5) is 0 Å². The number of rotatable bonds is 13. The van der Waals surface area contributed by atoms with Crippen molar-refractivity contribution in [2.75, 3.05) is 31.6 Å². The maximum Gasteiger partial charge on any atom is 0.221 e. The summed E-state index contributed by atoms with van der Waals surface area (Å²) in [6.07, 6.45) is 2.60. The largest absolute Gasteiger partial charge is 0.352 e. The van der Waals surface area contributed by atoms with Crippen molar-refractivity contribution in [3.05, 3.63) is 102 Å². The normalized spacial score (nSPS) is 11.7. The smallest absolute Gasteiger partial charge is 0.221 e. The number of likely N-dealkylation sites (N-methyl/N-ethyl adjacent to an activating group) is 1. The highest BCUT2D eigenvalue weighted by Crippen LogP contribution is 2.14. The lowest BCUT2D eigenvalue weighted by atomic mass is 10.1. The number of carbonyl (C=O) groups is 3. The van der Waals surface area contributed by atoms with Crippen LogP contribution in [0, 0.1) is 0 Å². The molecule has 0 spiro atoms. The third kappa shape index (κ3) is 9.97. The SMILES string of the molecule is CN(CCSC(=O)c1ccccc1)CC(Cc1ccccn1)NC(=O)CCSC(=O)c1ccccc1. The fraction of sp³-hybridized carbons (Fsp3) is 0.286. The number of hydrogen-bond donors (Lipinski definition) is 1. The topological polar surface area (TPSA) is 79.4 Å². The first-order valence-electron chi connectivity index (χ1n) is 11.8. The summed E-state index contributed by atoms with van der Waals surface area (Å²) >= 11 is 2.46. The van der Waals surface area contributed by atoms with Crippen molar-refractivity contribution >= 4 is 39.7 Å². The van der Waals surface area contributed by atoms with Crippen molar-refractivity contribution in [3.8, 4) is 0 Å². The Morgan fingerprint density at radius 1 is 0.833 bits per heavy atom. The lowest BCUT2D eigenvalue weighted by Crippen LogP contribution is -2.44. The van der Waals surface area contributed by atoms with Gasteiger partial charge in [0.15, 0.2) is 0 Å². The average molecular weight is 522 g/mol. The van der Waals surface area contributed by atoms with Crippen molar-refractivity contribution < 1.29 is 14.4 Å². The number of aromatic nitrogens is 1. The summed E-state index contributed by atoms with van der Waals surface area (Å²) in [6.45, 7) is 1.33. The van der Waals surface area contributed by atoms with Crippen LogP contribution < -0.4 is 5.32 Å². The van der Waals surface area contributed by atoms with Crippen molar-refractivity contribution in [1.82, 2.24) is 15.2 Å². The molecular weight excluding hydrogens is 490 g/mol. The molecule has 0 aliphatic heterocycles. The highest BCUT2D eigenvalue weighted by molar-refractivity contribution is 8.14. The van der Waals surface area contributed by atoms with Crippen LogP contribution in [0.25, 0.3) is 0 Å². The van der Waals surface area contributed by atoms with Gasteiger partial charge in [0.25, 0.3) is 0 Å². The Morgan fingerprint density at radius 2 is 1.42 bits per heavy atom. The molecule has 3 rings (SSSR count). The van der Waals surface area contributed by atoms with Crippen molar-refractivity contribution in [3.63, 3.8) is 0 Å². The molecule has 0 saturated heterocycles. The molecule has 0 fully saturated rings. The van der Waals surface area contributed by atoms with Crippen LogP contribution in [0.3, 0.4) is 0 Å². The van der Waals surface area contributed by atoms with E-state index in [9.17, 15) is 14.4 Å². The minimum absolute atomic E-state index is 0.0317. The van der Waals surface area contributed by atoms with Crippen LogP contribution >= 0.6 is 23.5 Å². The summed E-state index contributed by atoms with van der Waals surface area (Å²) < 4.78 is 0. The predicted octanol–water partition coefficient (Wildman–Crippen LogP) is 4.58. The van der Waals surface area contributed by atoms with Gasteiger partial charge in [-0.1, -0.05) is 90.3 Å². The fourth-order valence-corrected chi connectivity index (χ4v) is 5.21. The monoisotopic (exact) mass is 521 g/mol. The Hall–Kier alpha value is -2.94. The maximum atomic E-state index is 12.7. The maximum absolute atomic E-state index is 12.7. The quantitative estimate of drug-likeness (QED) is 0.353. The molecule has 36 heavy (non-hydrogen) atoms. The molecule has 1 amide bonds. The third-order valence-corrected chi connectivity index (χ3v) is 7.16. The molecule has 1 unspecified atom stereocenters. The number of pyridine rings is 1. The second-order valence-electron chi connectivity index (χ2n) is 8.31. The third-order valence-electron chi connectivity index (χ3n) is 5.37. The van der Waals surface area contributed by atoms with Crippen LogP contribution in [-0.4, -0.2) is 63.7 Å². The zero-order valence-corrected chi connectivity index (χ0v) is 22.0. The van der Waals surface area contributed by atoms with E-state index in [4.69, 9.17) is 0 Å². The van der Waals surface area contributed by atoms with E-state index in [2.05, 4.69) is 15.2 Å². The Balaban J connectivity index is 1.47. The van der Waals surface area contributed by atoms with Gasteiger partial charge < -0.3 is 10.2 Å². The number of carbonyl (C=O) groups excluding carboxylic acids is 3. The van der Waals surface area contributed by atoms with Gasteiger partial charge in [-0.3, -0.25) is 19.4 Å². The molecule has 1 heterocycles. The van der Waals surface area contributed by atoms with Crippen LogP contribution in [0.5, 0.6) is 0 Å². The zero-order valence-electron chi connectivity index (χ0n) is 20.3.